The standard InChI is InChI=1S/C24H28N10O8S4/c1-5-39-19(35)13-17(43-23-15(27-31-45-23)21(37)41-7-3)33(29-25-13)11-9-10-12-34-18(14(26-30-34)20(36)40-6-2)44-24-16(28-32-46-24)22(38)42-8-4/h5-12H2,1-4H3. The number of carbonyl (C=O) groups is 4. The molecule has 0 saturated heterocycles. The predicted octanol–water partition coefficient (Wildman–Crippen LogP) is 3.06. The van der Waals surface area contributed by atoms with Crippen LogP contribution in [0.4, 0.5) is 0 Å². The fourth-order valence-electron chi connectivity index (χ4n) is 3.60. The Morgan fingerprint density at radius 3 is 1.26 bits per heavy atom. The molecule has 0 unspecified atom stereocenters. The molecule has 0 saturated carbocycles. The van der Waals surface area contributed by atoms with Gasteiger partial charge in [0.25, 0.3) is 0 Å². The minimum absolute atomic E-state index is 0.0142. The van der Waals surface area contributed by atoms with Gasteiger partial charge in [0.15, 0.2) is 11.4 Å². The van der Waals surface area contributed by atoms with E-state index in [4.69, 9.17) is 18.9 Å². The topological polar surface area (TPSA) is 218 Å². The molecule has 4 heterocycles. The molecular weight excluding hydrogens is 685 g/mol. The molecule has 0 aliphatic carbocycles. The Morgan fingerprint density at radius 1 is 0.565 bits per heavy atom. The van der Waals surface area contributed by atoms with Crippen molar-refractivity contribution < 1.29 is 38.1 Å². The maximum Gasteiger partial charge on any atom is 0.361 e. The lowest BCUT2D eigenvalue weighted by Gasteiger charge is -2.09. The van der Waals surface area contributed by atoms with Crippen LogP contribution >= 0.6 is 46.6 Å². The summed E-state index contributed by atoms with van der Waals surface area (Å²) in [7, 11) is 0. The molecule has 0 spiro atoms. The Kier molecular flexibility index (Phi) is 12.9. The number of unbranched alkanes of at least 4 members (excludes halogenated alkanes) is 1. The Labute approximate surface area is 278 Å². The highest BCUT2D eigenvalue weighted by Gasteiger charge is 2.28. The zero-order valence-electron chi connectivity index (χ0n) is 25.0. The number of aromatic nitrogens is 10. The van der Waals surface area contributed by atoms with E-state index in [9.17, 15) is 19.2 Å². The summed E-state index contributed by atoms with van der Waals surface area (Å²) < 4.78 is 32.0. The predicted molar refractivity (Wildman–Crippen MR) is 161 cm³/mol. The number of nitrogens with zero attached hydrogens (tertiary/aromatic N) is 10. The molecule has 0 aliphatic heterocycles. The van der Waals surface area contributed by atoms with Crippen LogP contribution in [-0.2, 0) is 32.0 Å². The van der Waals surface area contributed by atoms with Crippen LogP contribution in [0, 0.1) is 0 Å². The summed E-state index contributed by atoms with van der Waals surface area (Å²) in [6.45, 7) is 7.95. The molecular formula is C24H28N10O8S4. The lowest BCUT2D eigenvalue weighted by Crippen LogP contribution is -2.10. The van der Waals surface area contributed by atoms with Gasteiger partial charge >= 0.3 is 23.9 Å². The molecule has 0 radical (unpaired) electrons. The SMILES string of the molecule is CCOC(=O)c1nnsc1Sc1c(C(=O)OCC)nnn1CCCCn1nnc(C(=O)OCC)c1Sc1snnc1C(=O)OCC. The van der Waals surface area contributed by atoms with E-state index in [0.29, 0.717) is 44.4 Å². The van der Waals surface area contributed by atoms with Crippen molar-refractivity contribution in [1.29, 1.82) is 0 Å². The van der Waals surface area contributed by atoms with E-state index in [0.717, 1.165) is 46.6 Å². The third kappa shape index (κ3) is 8.41. The molecule has 0 amide bonds. The highest BCUT2D eigenvalue weighted by atomic mass is 32.2. The van der Waals surface area contributed by atoms with Gasteiger partial charge in [0, 0.05) is 13.1 Å². The van der Waals surface area contributed by atoms with Crippen LogP contribution in [0.15, 0.2) is 18.5 Å². The monoisotopic (exact) mass is 712 g/mol. The number of rotatable bonds is 17. The maximum atomic E-state index is 12.7. The van der Waals surface area contributed by atoms with Gasteiger partial charge in [-0.15, -0.1) is 20.4 Å². The molecule has 4 rings (SSSR count). The number of hydrogen-bond donors (Lipinski definition) is 0. The van der Waals surface area contributed by atoms with Crippen molar-refractivity contribution >= 4 is 70.5 Å². The highest BCUT2D eigenvalue weighted by Crippen LogP contribution is 2.36. The van der Waals surface area contributed by atoms with Crippen LogP contribution < -0.4 is 0 Å². The highest BCUT2D eigenvalue weighted by molar-refractivity contribution is 8.01. The Balaban J connectivity index is 1.51. The van der Waals surface area contributed by atoms with Crippen molar-refractivity contribution in [1.82, 2.24) is 49.2 Å². The number of carbonyl (C=O) groups excluding carboxylic acids is 4. The van der Waals surface area contributed by atoms with Crippen molar-refractivity contribution in [3.05, 3.63) is 22.8 Å². The molecule has 22 heteroatoms. The summed E-state index contributed by atoms with van der Waals surface area (Å²) in [4.78, 5) is 50.0. The van der Waals surface area contributed by atoms with E-state index in [2.05, 4.69) is 39.8 Å². The molecule has 4 aromatic heterocycles. The number of ether oxygens (including phenoxy) is 4. The summed E-state index contributed by atoms with van der Waals surface area (Å²) in [6.07, 6.45) is 1.06. The van der Waals surface area contributed by atoms with E-state index in [1.807, 2.05) is 0 Å². The number of hydrogen-bond acceptors (Lipinski definition) is 20. The maximum absolute atomic E-state index is 12.7. The summed E-state index contributed by atoms with van der Waals surface area (Å²) in [6, 6.07) is 0. The zero-order valence-corrected chi connectivity index (χ0v) is 28.3. The minimum Gasteiger partial charge on any atom is -0.461 e. The first kappa shape index (κ1) is 34.8. The van der Waals surface area contributed by atoms with E-state index in [1.54, 1.807) is 27.7 Å². The van der Waals surface area contributed by atoms with Crippen LogP contribution in [0.3, 0.4) is 0 Å². The van der Waals surface area contributed by atoms with E-state index in [-0.39, 0.29) is 49.2 Å². The van der Waals surface area contributed by atoms with Gasteiger partial charge in [-0.2, -0.15) is 0 Å². The normalized spacial score (nSPS) is 11.0. The lowest BCUT2D eigenvalue weighted by molar-refractivity contribution is 0.0504. The second-order valence-electron chi connectivity index (χ2n) is 8.54. The van der Waals surface area contributed by atoms with Crippen molar-refractivity contribution in [2.45, 2.75) is 72.1 Å². The second-order valence-corrected chi connectivity index (χ2v) is 12.6. The van der Waals surface area contributed by atoms with Gasteiger partial charge in [-0.25, -0.2) is 28.5 Å². The van der Waals surface area contributed by atoms with Gasteiger partial charge < -0.3 is 18.9 Å². The third-order valence-electron chi connectivity index (χ3n) is 5.54. The van der Waals surface area contributed by atoms with Gasteiger partial charge in [0.2, 0.25) is 11.4 Å². The van der Waals surface area contributed by atoms with Crippen LogP contribution in [0.5, 0.6) is 0 Å². The molecule has 0 atom stereocenters. The van der Waals surface area contributed by atoms with Crippen LogP contribution in [0.25, 0.3) is 0 Å². The van der Waals surface area contributed by atoms with Gasteiger partial charge in [-0.3, -0.25) is 0 Å². The smallest absolute Gasteiger partial charge is 0.361 e. The van der Waals surface area contributed by atoms with E-state index in [1.165, 1.54) is 9.36 Å². The van der Waals surface area contributed by atoms with Crippen LogP contribution in [0.2, 0.25) is 0 Å². The largest absolute Gasteiger partial charge is 0.461 e. The van der Waals surface area contributed by atoms with Crippen LogP contribution in [0.1, 0.15) is 82.5 Å². The minimum atomic E-state index is -0.665. The molecule has 0 N–H and O–H groups in total. The number of aryl methyl sites for hydroxylation is 2. The summed E-state index contributed by atoms with van der Waals surface area (Å²) in [5.74, 6) is -2.60. The lowest BCUT2D eigenvalue weighted by atomic mass is 10.3. The first-order valence-corrected chi connectivity index (χ1v) is 17.1. The van der Waals surface area contributed by atoms with Gasteiger partial charge in [0.05, 0.1) is 26.4 Å². The summed E-state index contributed by atoms with van der Waals surface area (Å²) in [5.41, 5.74) is 0.0184. The third-order valence-corrected chi connectivity index (χ3v) is 9.48. The van der Waals surface area contributed by atoms with Crippen molar-refractivity contribution in [2.75, 3.05) is 26.4 Å². The second kappa shape index (κ2) is 17.1. The zero-order chi connectivity index (χ0) is 33.1. The Bertz CT molecular complexity index is 1550. The van der Waals surface area contributed by atoms with E-state index < -0.39 is 23.9 Å². The fraction of sp³-hybridized carbons (Fsp3) is 0.500. The summed E-state index contributed by atoms with van der Waals surface area (Å²) >= 11 is 4.07. The molecule has 0 fully saturated rings. The first-order valence-electron chi connectivity index (χ1n) is 13.9. The average molecular weight is 713 g/mol. The Hall–Kier alpha value is -4.02. The van der Waals surface area contributed by atoms with Crippen LogP contribution in [-0.4, -0.2) is 99.5 Å². The van der Waals surface area contributed by atoms with Crippen molar-refractivity contribution in [3.63, 3.8) is 0 Å². The van der Waals surface area contributed by atoms with Crippen molar-refractivity contribution in [3.8, 4) is 0 Å². The molecule has 246 valence electrons. The fourth-order valence-corrected chi connectivity index (χ4v) is 7.09. The number of esters is 4. The quantitative estimate of drug-likeness (QED) is 0.0872. The first-order chi connectivity index (χ1) is 22.3. The molecule has 0 aromatic carbocycles. The molecule has 0 bridgehead atoms. The van der Waals surface area contributed by atoms with E-state index >= 15 is 0 Å². The summed E-state index contributed by atoms with van der Waals surface area (Å²) in [5, 5.41) is 24.8. The van der Waals surface area contributed by atoms with Gasteiger partial charge in [-0.05, 0) is 63.6 Å². The molecule has 18 nitrogen and oxygen atoms in total. The molecule has 46 heavy (non-hydrogen) atoms. The van der Waals surface area contributed by atoms with Crippen molar-refractivity contribution in [2.24, 2.45) is 0 Å². The molecule has 0 aliphatic rings. The Morgan fingerprint density at radius 2 is 0.913 bits per heavy atom. The molecule has 4 aromatic rings. The van der Waals surface area contributed by atoms with Gasteiger partial charge in [-0.1, -0.05) is 42.9 Å². The average Bonchev–Trinajstić information content (AvgIpc) is 3.84. The van der Waals surface area contributed by atoms with Gasteiger partial charge in [0.1, 0.15) is 18.5 Å².